The molecule has 1 aromatic heterocycles. The van der Waals surface area contributed by atoms with Gasteiger partial charge in [0.15, 0.2) is 5.16 Å². The van der Waals surface area contributed by atoms with Crippen LogP contribution in [0.3, 0.4) is 0 Å². The van der Waals surface area contributed by atoms with Gasteiger partial charge in [0, 0.05) is 22.0 Å². The highest BCUT2D eigenvalue weighted by molar-refractivity contribution is 7.99. The van der Waals surface area contributed by atoms with E-state index in [4.69, 9.17) is 11.6 Å². The van der Waals surface area contributed by atoms with Crippen LogP contribution in [0, 0.1) is 5.92 Å². The van der Waals surface area contributed by atoms with E-state index >= 15 is 0 Å². The second-order valence-corrected chi connectivity index (χ2v) is 7.23. The van der Waals surface area contributed by atoms with Gasteiger partial charge < -0.3 is 0 Å². The van der Waals surface area contributed by atoms with Gasteiger partial charge in [0.05, 0.1) is 11.9 Å². The van der Waals surface area contributed by atoms with Crippen molar-refractivity contribution in [3.05, 3.63) is 65.8 Å². The summed E-state index contributed by atoms with van der Waals surface area (Å²) in [6.07, 6.45) is 1.95. The molecule has 0 atom stereocenters. The first-order chi connectivity index (χ1) is 11.1. The van der Waals surface area contributed by atoms with E-state index in [2.05, 4.69) is 47.7 Å². The highest BCUT2D eigenvalue weighted by Gasteiger charge is 2.14. The van der Waals surface area contributed by atoms with E-state index in [0.717, 1.165) is 32.9 Å². The molecule has 0 aliphatic heterocycles. The van der Waals surface area contributed by atoms with E-state index in [0.29, 0.717) is 5.92 Å². The molecule has 118 valence electrons. The predicted octanol–water partition coefficient (Wildman–Crippen LogP) is 5.94. The number of imidazole rings is 1. The monoisotopic (exact) mass is 342 g/mol. The molecule has 0 amide bonds. The Hall–Kier alpha value is -1.71. The van der Waals surface area contributed by atoms with Crippen molar-refractivity contribution < 1.29 is 0 Å². The third-order valence-corrected chi connectivity index (χ3v) is 5.06. The van der Waals surface area contributed by atoms with E-state index in [1.54, 1.807) is 11.8 Å². The fraction of sp³-hybridized carbons (Fsp3) is 0.211. The largest absolute Gasteiger partial charge is 0.287 e. The van der Waals surface area contributed by atoms with Gasteiger partial charge in [-0.15, -0.1) is 0 Å². The summed E-state index contributed by atoms with van der Waals surface area (Å²) in [6.45, 7) is 4.45. The first-order valence-corrected chi connectivity index (χ1v) is 9.03. The van der Waals surface area contributed by atoms with Gasteiger partial charge in [-0.3, -0.25) is 4.57 Å². The second-order valence-electron chi connectivity index (χ2n) is 5.81. The van der Waals surface area contributed by atoms with Crippen LogP contribution in [0.15, 0.2) is 66.0 Å². The van der Waals surface area contributed by atoms with Crippen LogP contribution >= 0.6 is 23.4 Å². The van der Waals surface area contributed by atoms with Gasteiger partial charge in [0.1, 0.15) is 0 Å². The van der Waals surface area contributed by atoms with Crippen LogP contribution in [0.4, 0.5) is 0 Å². The lowest BCUT2D eigenvalue weighted by molar-refractivity contribution is 0.746. The van der Waals surface area contributed by atoms with E-state index in [9.17, 15) is 0 Å². The lowest BCUT2D eigenvalue weighted by Gasteiger charge is -2.13. The highest BCUT2D eigenvalue weighted by atomic mass is 35.5. The van der Waals surface area contributed by atoms with E-state index in [1.807, 2.05) is 36.5 Å². The summed E-state index contributed by atoms with van der Waals surface area (Å²) in [7, 11) is 0. The molecule has 0 spiro atoms. The van der Waals surface area contributed by atoms with Gasteiger partial charge in [-0.2, -0.15) is 0 Å². The van der Waals surface area contributed by atoms with Crippen LogP contribution in [-0.4, -0.2) is 15.3 Å². The van der Waals surface area contributed by atoms with Gasteiger partial charge in [-0.1, -0.05) is 67.5 Å². The zero-order valence-corrected chi connectivity index (χ0v) is 14.8. The van der Waals surface area contributed by atoms with Crippen LogP contribution in [0.25, 0.3) is 16.9 Å². The maximum atomic E-state index is 6.04. The zero-order chi connectivity index (χ0) is 16.2. The molecule has 2 aromatic carbocycles. The standard InChI is InChI=1S/C19H19ClN2S/c1-14(2)13-23-19-21-12-18(15-6-4-3-5-7-15)22(19)17-10-8-16(20)9-11-17/h3-12,14H,13H2,1-2H3. The molecule has 0 saturated carbocycles. The number of thioether (sulfide) groups is 1. The minimum Gasteiger partial charge on any atom is -0.287 e. The van der Waals surface area contributed by atoms with Gasteiger partial charge in [0.25, 0.3) is 0 Å². The average molecular weight is 343 g/mol. The maximum absolute atomic E-state index is 6.04. The first kappa shape index (κ1) is 16.2. The van der Waals surface area contributed by atoms with E-state index in [1.165, 1.54) is 0 Å². The SMILES string of the molecule is CC(C)CSc1ncc(-c2ccccc2)n1-c1ccc(Cl)cc1. The molecule has 0 N–H and O–H groups in total. The summed E-state index contributed by atoms with van der Waals surface area (Å²) in [4.78, 5) is 4.66. The Morgan fingerprint density at radius 3 is 2.39 bits per heavy atom. The van der Waals surface area contributed by atoms with Crippen molar-refractivity contribution in [3.63, 3.8) is 0 Å². The Kier molecular flexibility index (Phi) is 5.09. The predicted molar refractivity (Wildman–Crippen MR) is 99.6 cm³/mol. The van der Waals surface area contributed by atoms with Crippen LogP contribution in [0.5, 0.6) is 0 Å². The van der Waals surface area contributed by atoms with Crippen molar-refractivity contribution in [2.75, 3.05) is 5.75 Å². The summed E-state index contributed by atoms with van der Waals surface area (Å²) in [5.74, 6) is 1.66. The Bertz CT molecular complexity index is 764. The molecule has 3 aromatic rings. The lowest BCUT2D eigenvalue weighted by atomic mass is 10.1. The number of hydrogen-bond acceptors (Lipinski definition) is 2. The molecule has 4 heteroatoms. The number of benzene rings is 2. The van der Waals surface area contributed by atoms with Crippen LogP contribution in [0.1, 0.15) is 13.8 Å². The van der Waals surface area contributed by atoms with Crippen molar-refractivity contribution in [2.24, 2.45) is 5.92 Å². The zero-order valence-electron chi connectivity index (χ0n) is 13.2. The number of nitrogens with zero attached hydrogens (tertiary/aromatic N) is 2. The molecule has 1 heterocycles. The molecule has 0 aliphatic rings. The molecule has 3 rings (SSSR count). The van der Waals surface area contributed by atoms with Crippen LogP contribution in [0.2, 0.25) is 5.02 Å². The first-order valence-electron chi connectivity index (χ1n) is 7.67. The molecular weight excluding hydrogens is 324 g/mol. The van der Waals surface area contributed by atoms with Crippen LogP contribution < -0.4 is 0 Å². The van der Waals surface area contributed by atoms with Crippen molar-refractivity contribution >= 4 is 23.4 Å². The number of aromatic nitrogens is 2. The molecule has 0 unspecified atom stereocenters. The van der Waals surface area contributed by atoms with Crippen molar-refractivity contribution in [1.29, 1.82) is 0 Å². The van der Waals surface area contributed by atoms with Crippen molar-refractivity contribution in [2.45, 2.75) is 19.0 Å². The molecule has 0 fully saturated rings. The molecule has 0 bridgehead atoms. The summed E-state index contributed by atoms with van der Waals surface area (Å²) in [5, 5.41) is 1.76. The Labute approximate surface area is 146 Å². The summed E-state index contributed by atoms with van der Waals surface area (Å²) >= 11 is 7.83. The number of hydrogen-bond donors (Lipinski definition) is 0. The molecule has 0 radical (unpaired) electrons. The Balaban J connectivity index is 2.08. The summed E-state index contributed by atoms with van der Waals surface area (Å²) in [6, 6.07) is 18.3. The molecule has 0 saturated heterocycles. The normalized spacial score (nSPS) is 11.1. The third kappa shape index (κ3) is 3.80. The van der Waals surface area contributed by atoms with E-state index < -0.39 is 0 Å². The average Bonchev–Trinajstić information content (AvgIpc) is 2.98. The third-order valence-electron chi connectivity index (χ3n) is 3.43. The Morgan fingerprint density at radius 2 is 1.74 bits per heavy atom. The quantitative estimate of drug-likeness (QED) is 0.534. The molecule has 23 heavy (non-hydrogen) atoms. The van der Waals surface area contributed by atoms with Crippen molar-refractivity contribution in [3.8, 4) is 16.9 Å². The van der Waals surface area contributed by atoms with Gasteiger partial charge in [-0.05, 0) is 30.2 Å². The highest BCUT2D eigenvalue weighted by Crippen LogP contribution is 2.31. The maximum Gasteiger partial charge on any atom is 0.173 e. The molecule has 0 aliphatic carbocycles. The summed E-state index contributed by atoms with van der Waals surface area (Å²) in [5.41, 5.74) is 3.34. The summed E-state index contributed by atoms with van der Waals surface area (Å²) < 4.78 is 2.21. The topological polar surface area (TPSA) is 17.8 Å². The van der Waals surface area contributed by atoms with Gasteiger partial charge in [0.2, 0.25) is 0 Å². The van der Waals surface area contributed by atoms with Gasteiger partial charge >= 0.3 is 0 Å². The van der Waals surface area contributed by atoms with Gasteiger partial charge in [-0.25, -0.2) is 4.98 Å². The van der Waals surface area contributed by atoms with E-state index in [-0.39, 0.29) is 0 Å². The number of halogens is 1. The smallest absolute Gasteiger partial charge is 0.173 e. The second kappa shape index (κ2) is 7.24. The minimum atomic E-state index is 0.621. The lowest BCUT2D eigenvalue weighted by Crippen LogP contribution is -2.00. The molecule has 2 nitrogen and oxygen atoms in total. The minimum absolute atomic E-state index is 0.621. The van der Waals surface area contributed by atoms with Crippen LogP contribution in [-0.2, 0) is 0 Å². The fourth-order valence-electron chi connectivity index (χ4n) is 2.33. The Morgan fingerprint density at radius 1 is 1.04 bits per heavy atom. The van der Waals surface area contributed by atoms with Crippen molar-refractivity contribution in [1.82, 2.24) is 9.55 Å². The molecular formula is C19H19ClN2S. The number of rotatable bonds is 5. The fourth-order valence-corrected chi connectivity index (χ4v) is 3.40.